The fourth-order valence-corrected chi connectivity index (χ4v) is 3.55. The highest BCUT2D eigenvalue weighted by molar-refractivity contribution is 7.85. The van der Waals surface area contributed by atoms with Gasteiger partial charge in [-0.1, -0.05) is 38.5 Å². The predicted molar refractivity (Wildman–Crippen MR) is 86.8 cm³/mol. The number of nitrogens with one attached hydrogen (secondary N) is 1. The van der Waals surface area contributed by atoms with Crippen LogP contribution in [0, 0.1) is 0 Å². The summed E-state index contributed by atoms with van der Waals surface area (Å²) in [4.78, 5) is 0. The van der Waals surface area contributed by atoms with Crippen LogP contribution in [0.4, 0.5) is 0 Å². The van der Waals surface area contributed by atoms with E-state index in [1.807, 2.05) is 18.2 Å². The Morgan fingerprint density at radius 3 is 2.65 bits per heavy atom. The first-order valence-electron chi connectivity index (χ1n) is 7.44. The monoisotopic (exact) mass is 297 g/mol. The van der Waals surface area contributed by atoms with Gasteiger partial charge in [0.15, 0.2) is 0 Å². The number of unbranched alkanes of at least 4 members (excludes halogenated alkanes) is 1. The molecule has 0 bridgehead atoms. The van der Waals surface area contributed by atoms with Crippen molar-refractivity contribution in [2.45, 2.75) is 39.2 Å². The van der Waals surface area contributed by atoms with E-state index < -0.39 is 10.8 Å². The number of hydrogen-bond acceptors (Lipinski definition) is 3. The lowest BCUT2D eigenvalue weighted by molar-refractivity contribution is 0.402. The maximum Gasteiger partial charge on any atom is 0.123 e. The third kappa shape index (κ3) is 5.63. The van der Waals surface area contributed by atoms with E-state index >= 15 is 0 Å². The van der Waals surface area contributed by atoms with Crippen LogP contribution in [0.15, 0.2) is 24.3 Å². The normalized spacial score (nSPS) is 13.9. The van der Waals surface area contributed by atoms with Crippen LogP contribution in [0.25, 0.3) is 0 Å². The number of para-hydroxylation sites is 1. The van der Waals surface area contributed by atoms with Crippen molar-refractivity contribution in [3.8, 4) is 5.75 Å². The van der Waals surface area contributed by atoms with Crippen LogP contribution in [0.5, 0.6) is 5.75 Å². The maximum absolute atomic E-state index is 12.2. The van der Waals surface area contributed by atoms with E-state index in [1.54, 1.807) is 7.11 Å². The molecule has 1 rings (SSSR count). The van der Waals surface area contributed by atoms with Crippen molar-refractivity contribution in [2.24, 2.45) is 0 Å². The van der Waals surface area contributed by atoms with Crippen LogP contribution in [0.1, 0.15) is 44.7 Å². The topological polar surface area (TPSA) is 38.3 Å². The number of hydrogen-bond donors (Lipinski definition) is 1. The summed E-state index contributed by atoms with van der Waals surface area (Å²) in [7, 11) is 0.902. The molecule has 1 aromatic rings. The second kappa shape index (κ2) is 9.94. The Hall–Kier alpha value is -0.870. The van der Waals surface area contributed by atoms with Gasteiger partial charge in [0.25, 0.3) is 0 Å². The Morgan fingerprint density at radius 1 is 1.25 bits per heavy atom. The first-order valence-corrected chi connectivity index (χ1v) is 8.93. The molecule has 20 heavy (non-hydrogen) atoms. The quantitative estimate of drug-likeness (QED) is 0.720. The number of methoxy groups -OCH3 is 1. The molecular weight excluding hydrogens is 270 g/mol. The van der Waals surface area contributed by atoms with E-state index in [2.05, 4.69) is 25.2 Å². The second-order valence-electron chi connectivity index (χ2n) is 4.91. The Morgan fingerprint density at radius 2 is 2.00 bits per heavy atom. The lowest BCUT2D eigenvalue weighted by Gasteiger charge is -2.21. The minimum Gasteiger partial charge on any atom is -0.496 e. The summed E-state index contributed by atoms with van der Waals surface area (Å²) in [5, 5.41) is 3.49. The van der Waals surface area contributed by atoms with Gasteiger partial charge >= 0.3 is 0 Å². The molecule has 4 heteroatoms. The first-order chi connectivity index (χ1) is 9.72. The standard InChI is InChI=1S/C16H27NO2S/c1-4-6-12-20(18)13-15(17-11-5-2)14-9-7-8-10-16(14)19-3/h7-10,15,17H,4-6,11-13H2,1-3H3. The Bertz CT molecular complexity index is 409. The SMILES string of the molecule is CCCCS(=O)CC(NCCC)c1ccccc1OC. The molecule has 0 radical (unpaired) electrons. The third-order valence-electron chi connectivity index (χ3n) is 3.23. The molecule has 0 saturated heterocycles. The highest BCUT2D eigenvalue weighted by atomic mass is 32.2. The Kier molecular flexibility index (Phi) is 8.54. The minimum atomic E-state index is -0.782. The van der Waals surface area contributed by atoms with Gasteiger partial charge in [0.05, 0.1) is 7.11 Å². The van der Waals surface area contributed by atoms with Crippen molar-refractivity contribution in [3.05, 3.63) is 29.8 Å². The van der Waals surface area contributed by atoms with Crippen molar-refractivity contribution in [2.75, 3.05) is 25.2 Å². The van der Waals surface area contributed by atoms with Gasteiger partial charge in [-0.25, -0.2) is 0 Å². The van der Waals surface area contributed by atoms with Crippen LogP contribution in [0.2, 0.25) is 0 Å². The average molecular weight is 297 g/mol. The summed E-state index contributed by atoms with van der Waals surface area (Å²) in [5.41, 5.74) is 1.10. The van der Waals surface area contributed by atoms with Crippen molar-refractivity contribution in [1.82, 2.24) is 5.32 Å². The highest BCUT2D eigenvalue weighted by Crippen LogP contribution is 2.25. The molecule has 0 aliphatic rings. The summed E-state index contributed by atoms with van der Waals surface area (Å²) in [6.45, 7) is 5.19. The molecule has 2 unspecified atom stereocenters. The van der Waals surface area contributed by atoms with Crippen molar-refractivity contribution in [3.63, 3.8) is 0 Å². The van der Waals surface area contributed by atoms with Crippen LogP contribution >= 0.6 is 0 Å². The van der Waals surface area contributed by atoms with Crippen molar-refractivity contribution < 1.29 is 8.95 Å². The average Bonchev–Trinajstić information content (AvgIpc) is 2.49. The van der Waals surface area contributed by atoms with Gasteiger partial charge in [-0.05, 0) is 25.5 Å². The lowest BCUT2D eigenvalue weighted by Crippen LogP contribution is -2.28. The molecule has 3 nitrogen and oxygen atoms in total. The molecule has 0 aliphatic carbocycles. The first kappa shape index (κ1) is 17.2. The maximum atomic E-state index is 12.2. The fraction of sp³-hybridized carbons (Fsp3) is 0.625. The summed E-state index contributed by atoms with van der Waals surface area (Å²) in [5.74, 6) is 2.31. The van der Waals surface area contributed by atoms with Gasteiger partial charge < -0.3 is 10.1 Å². The van der Waals surface area contributed by atoms with Gasteiger partial charge in [-0.3, -0.25) is 4.21 Å². The van der Waals surface area contributed by atoms with Gasteiger partial charge in [-0.15, -0.1) is 0 Å². The number of rotatable bonds is 10. The largest absolute Gasteiger partial charge is 0.496 e. The molecule has 0 amide bonds. The minimum absolute atomic E-state index is 0.101. The van der Waals surface area contributed by atoms with Gasteiger partial charge in [0, 0.05) is 33.9 Å². The van der Waals surface area contributed by atoms with Crippen LogP contribution in [-0.4, -0.2) is 29.4 Å². The van der Waals surface area contributed by atoms with Gasteiger partial charge in [0.2, 0.25) is 0 Å². The van der Waals surface area contributed by atoms with Gasteiger partial charge in [0.1, 0.15) is 5.75 Å². The fourth-order valence-electron chi connectivity index (χ4n) is 2.11. The molecule has 0 saturated carbocycles. The van der Waals surface area contributed by atoms with Crippen molar-refractivity contribution in [1.29, 1.82) is 0 Å². The molecule has 2 atom stereocenters. The van der Waals surface area contributed by atoms with E-state index in [1.165, 1.54) is 0 Å². The molecule has 1 N–H and O–H groups in total. The zero-order valence-electron chi connectivity index (χ0n) is 12.9. The molecule has 1 aromatic carbocycles. The molecular formula is C16H27NO2S. The zero-order valence-corrected chi connectivity index (χ0v) is 13.7. The van der Waals surface area contributed by atoms with E-state index in [0.717, 1.165) is 42.9 Å². The van der Waals surface area contributed by atoms with Crippen LogP contribution < -0.4 is 10.1 Å². The summed E-state index contributed by atoms with van der Waals surface area (Å²) in [6.07, 6.45) is 3.18. The molecule has 0 aromatic heterocycles. The second-order valence-corrected chi connectivity index (χ2v) is 6.53. The van der Waals surface area contributed by atoms with E-state index in [-0.39, 0.29) is 6.04 Å². The predicted octanol–water partition coefficient (Wildman–Crippen LogP) is 3.28. The molecule has 0 heterocycles. The zero-order chi connectivity index (χ0) is 14.8. The summed E-state index contributed by atoms with van der Waals surface area (Å²) in [6, 6.07) is 8.10. The van der Waals surface area contributed by atoms with E-state index in [9.17, 15) is 4.21 Å². The highest BCUT2D eigenvalue weighted by Gasteiger charge is 2.17. The molecule has 0 aliphatic heterocycles. The van der Waals surface area contributed by atoms with E-state index in [0.29, 0.717) is 5.75 Å². The molecule has 114 valence electrons. The smallest absolute Gasteiger partial charge is 0.123 e. The molecule has 0 fully saturated rings. The number of ether oxygens (including phenoxy) is 1. The number of benzene rings is 1. The Labute approximate surface area is 125 Å². The van der Waals surface area contributed by atoms with Crippen molar-refractivity contribution >= 4 is 10.8 Å². The lowest BCUT2D eigenvalue weighted by atomic mass is 10.1. The van der Waals surface area contributed by atoms with Gasteiger partial charge in [-0.2, -0.15) is 0 Å². The molecule has 0 spiro atoms. The van der Waals surface area contributed by atoms with E-state index in [4.69, 9.17) is 4.74 Å². The summed E-state index contributed by atoms with van der Waals surface area (Å²) < 4.78 is 17.6. The third-order valence-corrected chi connectivity index (χ3v) is 4.68. The van der Waals surface area contributed by atoms with Crippen LogP contribution in [0.3, 0.4) is 0 Å². The van der Waals surface area contributed by atoms with Crippen LogP contribution in [-0.2, 0) is 10.8 Å². The summed E-state index contributed by atoms with van der Waals surface area (Å²) >= 11 is 0. The Balaban J connectivity index is 2.79.